The van der Waals surface area contributed by atoms with Gasteiger partial charge >= 0.3 is 5.97 Å². The summed E-state index contributed by atoms with van der Waals surface area (Å²) in [4.78, 5) is 66.3. The number of phenolic OH excluding ortho intramolecular Hbond substituents is 1. The average molecular weight is 873 g/mol. The van der Waals surface area contributed by atoms with Gasteiger partial charge in [0.05, 0.1) is 32.3 Å². The number of fused-ring (bicyclic) bond motifs is 5. The van der Waals surface area contributed by atoms with Gasteiger partial charge in [-0.15, -0.1) is 0 Å². The van der Waals surface area contributed by atoms with Crippen molar-refractivity contribution < 1.29 is 39.3 Å². The number of aliphatic hydroxyl groups is 1. The molecule has 2 aromatic rings. The number of rotatable bonds is 26. The van der Waals surface area contributed by atoms with Crippen molar-refractivity contribution in [1.29, 1.82) is 0 Å². The average Bonchev–Trinajstić information content (AvgIpc) is 3.24. The maximum absolute atomic E-state index is 14.0. The monoisotopic (exact) mass is 873 g/mol. The van der Waals surface area contributed by atoms with E-state index in [0.717, 1.165) is 49.7 Å². The van der Waals surface area contributed by atoms with Gasteiger partial charge in [0.1, 0.15) is 17.8 Å². The zero-order valence-electron chi connectivity index (χ0n) is 37.6. The summed E-state index contributed by atoms with van der Waals surface area (Å²) >= 11 is 0. The van der Waals surface area contributed by atoms with Gasteiger partial charge in [0.15, 0.2) is 0 Å². The fraction of sp³-hybridized carbons (Fsp3) is 0.571. The molecular formula is C49H72N6O8. The number of amides is 4. The van der Waals surface area contributed by atoms with Crippen molar-refractivity contribution in [3.63, 3.8) is 0 Å². The van der Waals surface area contributed by atoms with E-state index in [1.165, 1.54) is 70.3 Å². The predicted octanol–water partition coefficient (Wildman–Crippen LogP) is 6.23. The number of benzene rings is 2. The van der Waals surface area contributed by atoms with Crippen LogP contribution in [-0.4, -0.2) is 95.2 Å². The van der Waals surface area contributed by atoms with Crippen LogP contribution < -0.4 is 26.6 Å². The highest BCUT2D eigenvalue weighted by Crippen LogP contribution is 2.44. The molecule has 8 N–H and O–H groups in total. The number of phenols is 1. The fourth-order valence-corrected chi connectivity index (χ4v) is 8.17. The van der Waals surface area contributed by atoms with E-state index in [2.05, 4.69) is 46.7 Å². The molecule has 1 heterocycles. The second-order valence-electron chi connectivity index (χ2n) is 17.2. The van der Waals surface area contributed by atoms with Gasteiger partial charge in [0.2, 0.25) is 23.6 Å². The number of carboxylic acids is 1. The molecule has 1 aliphatic heterocycles. The Morgan fingerprint density at radius 3 is 2.10 bits per heavy atom. The van der Waals surface area contributed by atoms with Crippen LogP contribution in [0.1, 0.15) is 145 Å². The number of nitrogens with zero attached hydrogens (tertiary/aromatic N) is 1. The first-order valence-electron chi connectivity index (χ1n) is 23.1. The third-order valence-electron chi connectivity index (χ3n) is 12.3. The molecule has 4 bridgehead atoms. The third kappa shape index (κ3) is 16.0. The number of aromatic hydroxyl groups is 1. The van der Waals surface area contributed by atoms with Crippen LogP contribution in [0.2, 0.25) is 0 Å². The Bertz CT molecular complexity index is 1880. The number of hydrogen-bond acceptors (Lipinski definition) is 9. The van der Waals surface area contributed by atoms with Gasteiger partial charge in [0, 0.05) is 36.8 Å². The molecule has 4 amide bonds. The summed E-state index contributed by atoms with van der Waals surface area (Å²) in [5.41, 5.74) is 4.02. The van der Waals surface area contributed by atoms with Crippen molar-refractivity contribution in [2.45, 2.75) is 147 Å². The molecular weight excluding hydrogens is 801 g/mol. The summed E-state index contributed by atoms with van der Waals surface area (Å²) in [6.07, 6.45) is 19.1. The first-order valence-corrected chi connectivity index (χ1v) is 23.1. The maximum atomic E-state index is 14.0. The minimum atomic E-state index is -1.27. The summed E-state index contributed by atoms with van der Waals surface area (Å²) in [7, 11) is 1.65. The Balaban J connectivity index is 1.31. The SMILES string of the molecule is C=C(NCC(=O)NCC(=C)N(C)C1C(=O)NCC(=O)N[C@H](C(=O)O)Cc2ccc(O)c(c2)-c2cc1ccc2C1CCC1)C(CO)NC(=O)CCCCCCCCCCCCCCC. The molecule has 1 aliphatic carbocycles. The van der Waals surface area contributed by atoms with E-state index in [-0.39, 0.29) is 49.4 Å². The van der Waals surface area contributed by atoms with Crippen LogP contribution in [-0.2, 0) is 30.4 Å². The molecule has 14 nitrogen and oxygen atoms in total. The van der Waals surface area contributed by atoms with Gasteiger partial charge in [-0.3, -0.25) is 19.2 Å². The van der Waals surface area contributed by atoms with Crippen LogP contribution in [0.4, 0.5) is 0 Å². The highest BCUT2D eigenvalue weighted by atomic mass is 16.4. The van der Waals surface area contributed by atoms with Gasteiger partial charge in [-0.25, -0.2) is 4.79 Å². The summed E-state index contributed by atoms with van der Waals surface area (Å²) < 4.78 is 0. The van der Waals surface area contributed by atoms with Crippen molar-refractivity contribution in [3.8, 4) is 16.9 Å². The highest BCUT2D eigenvalue weighted by Gasteiger charge is 2.31. The van der Waals surface area contributed by atoms with Crippen molar-refractivity contribution in [3.05, 3.63) is 77.6 Å². The standard InChI is InChI=1S/C49H72N6O8/c1-5-6-7-8-9-10-11-12-13-14-15-16-17-21-44(58)54-42(32-56)34(3)50-30-45(59)51-29-33(2)55(4)47-37-23-24-38(36-19-18-20-36)39(28-37)40-26-35(22-25-43(40)57)27-41(49(62)63)53-46(60)31-52-48(47)61/h22-26,28,36,41-42,47,50,56-57H,2-3,5-21,27,29-32H2,1,4H3,(H,51,59)(H,52,61)(H,53,60)(H,54,58)(H,62,63)/t41-,42?,47?/m0/s1. The molecule has 4 rings (SSSR count). The van der Waals surface area contributed by atoms with E-state index in [1.54, 1.807) is 24.1 Å². The molecule has 0 spiro atoms. The molecule has 0 aromatic heterocycles. The Kier molecular flexibility index (Phi) is 21.0. The normalized spacial score (nSPS) is 16.9. The first-order chi connectivity index (χ1) is 30.3. The molecule has 1 fully saturated rings. The zero-order valence-corrected chi connectivity index (χ0v) is 37.6. The summed E-state index contributed by atoms with van der Waals surface area (Å²) in [6.45, 7) is 9.19. The van der Waals surface area contributed by atoms with Crippen LogP contribution in [0.15, 0.2) is 61.0 Å². The number of aliphatic carboxylic acids is 1. The lowest BCUT2D eigenvalue weighted by Crippen LogP contribution is -2.48. The number of unbranched alkanes of at least 4 members (excludes halogenated alkanes) is 12. The van der Waals surface area contributed by atoms with Crippen molar-refractivity contribution in [2.24, 2.45) is 0 Å². The number of likely N-dealkylation sites (N-methyl/N-ethyl adjacent to an activating group) is 1. The molecule has 63 heavy (non-hydrogen) atoms. The highest BCUT2D eigenvalue weighted by molar-refractivity contribution is 5.91. The first kappa shape index (κ1) is 50.3. The minimum absolute atomic E-state index is 0.00467. The third-order valence-corrected chi connectivity index (χ3v) is 12.3. The Hall–Kier alpha value is -5.37. The molecule has 2 aliphatic rings. The predicted molar refractivity (Wildman–Crippen MR) is 246 cm³/mol. The summed E-state index contributed by atoms with van der Waals surface area (Å²) in [5.74, 6) is -2.86. The van der Waals surface area contributed by atoms with Gasteiger partial charge in [-0.2, -0.15) is 0 Å². The smallest absolute Gasteiger partial charge is 0.326 e. The largest absolute Gasteiger partial charge is 0.507 e. The number of aliphatic hydroxyl groups excluding tert-OH is 1. The van der Waals surface area contributed by atoms with Crippen molar-refractivity contribution >= 4 is 29.6 Å². The molecule has 14 heteroatoms. The molecule has 3 atom stereocenters. The van der Waals surface area contributed by atoms with E-state index < -0.39 is 48.4 Å². The van der Waals surface area contributed by atoms with Crippen LogP contribution in [0.5, 0.6) is 5.75 Å². The van der Waals surface area contributed by atoms with E-state index >= 15 is 0 Å². The van der Waals surface area contributed by atoms with Gasteiger partial charge in [-0.05, 0) is 65.6 Å². The van der Waals surface area contributed by atoms with Crippen LogP contribution in [0, 0.1) is 0 Å². The minimum Gasteiger partial charge on any atom is -0.507 e. The summed E-state index contributed by atoms with van der Waals surface area (Å²) in [6, 6.07) is 7.46. The Labute approximate surface area is 373 Å². The number of hydrogen-bond donors (Lipinski definition) is 8. The topological polar surface area (TPSA) is 209 Å². The van der Waals surface area contributed by atoms with E-state index in [9.17, 15) is 39.3 Å². The quantitative estimate of drug-likeness (QED) is 0.0500. The molecule has 2 aromatic carbocycles. The second kappa shape index (κ2) is 26.3. The lowest BCUT2D eigenvalue weighted by molar-refractivity contribution is -0.141. The maximum Gasteiger partial charge on any atom is 0.326 e. The lowest BCUT2D eigenvalue weighted by atomic mass is 9.76. The zero-order chi connectivity index (χ0) is 45.7. The Morgan fingerprint density at radius 2 is 1.49 bits per heavy atom. The van der Waals surface area contributed by atoms with Gasteiger partial charge in [-0.1, -0.05) is 122 Å². The van der Waals surface area contributed by atoms with Gasteiger partial charge in [0.25, 0.3) is 0 Å². The second-order valence-corrected chi connectivity index (χ2v) is 17.2. The molecule has 2 unspecified atom stereocenters. The van der Waals surface area contributed by atoms with Crippen LogP contribution >= 0.6 is 0 Å². The fourth-order valence-electron chi connectivity index (χ4n) is 8.17. The number of nitrogens with one attached hydrogen (secondary N) is 5. The number of carboxylic acid groups (broad SMARTS) is 1. The van der Waals surface area contributed by atoms with Crippen LogP contribution in [0.3, 0.4) is 0 Å². The number of carbonyl (C=O) groups excluding carboxylic acids is 4. The summed E-state index contributed by atoms with van der Waals surface area (Å²) in [5, 5.41) is 44.6. The molecule has 0 saturated heterocycles. The number of carbonyl (C=O) groups is 5. The van der Waals surface area contributed by atoms with Crippen molar-refractivity contribution in [1.82, 2.24) is 31.5 Å². The molecule has 1 saturated carbocycles. The van der Waals surface area contributed by atoms with Gasteiger partial charge < -0.3 is 46.8 Å². The Morgan fingerprint density at radius 1 is 0.841 bits per heavy atom. The van der Waals surface area contributed by atoms with E-state index in [4.69, 9.17) is 0 Å². The van der Waals surface area contributed by atoms with E-state index in [1.807, 2.05) is 18.2 Å². The van der Waals surface area contributed by atoms with Crippen LogP contribution in [0.25, 0.3) is 11.1 Å². The van der Waals surface area contributed by atoms with Crippen molar-refractivity contribution in [2.75, 3.05) is 33.3 Å². The molecule has 0 radical (unpaired) electrons. The lowest BCUT2D eigenvalue weighted by Gasteiger charge is -2.33. The van der Waals surface area contributed by atoms with E-state index in [0.29, 0.717) is 28.8 Å². The molecule has 346 valence electrons.